The molecular formula is C29H30Cl2N4O2S. The second-order valence-electron chi connectivity index (χ2n) is 9.32. The van der Waals surface area contributed by atoms with Gasteiger partial charge in [-0.3, -0.25) is 9.36 Å². The van der Waals surface area contributed by atoms with Crippen molar-refractivity contribution in [1.29, 1.82) is 0 Å². The van der Waals surface area contributed by atoms with Crippen LogP contribution in [0.2, 0.25) is 10.0 Å². The van der Waals surface area contributed by atoms with Gasteiger partial charge >= 0.3 is 0 Å². The molecule has 0 aliphatic heterocycles. The minimum Gasteiger partial charge on any atom is -0.497 e. The Kier molecular flexibility index (Phi) is 9.05. The fraction of sp³-hybridized carbons (Fsp3) is 0.276. The first-order chi connectivity index (χ1) is 18.2. The summed E-state index contributed by atoms with van der Waals surface area (Å²) in [6, 6.07) is 20.4. The van der Waals surface area contributed by atoms with E-state index in [1.807, 2.05) is 85.1 Å². The van der Waals surface area contributed by atoms with Gasteiger partial charge in [0.05, 0.1) is 35.1 Å². The second-order valence-corrected chi connectivity index (χ2v) is 10.5. The molecule has 1 heterocycles. The molecular weight excluding hydrogens is 539 g/mol. The van der Waals surface area contributed by atoms with Crippen molar-refractivity contribution in [3.63, 3.8) is 0 Å². The molecule has 0 aliphatic carbocycles. The van der Waals surface area contributed by atoms with Crippen molar-refractivity contribution < 1.29 is 9.53 Å². The minimum absolute atomic E-state index is 0.0418. The van der Waals surface area contributed by atoms with Gasteiger partial charge in [0.25, 0.3) is 0 Å². The summed E-state index contributed by atoms with van der Waals surface area (Å²) in [6.07, 6.45) is 0.186. The van der Waals surface area contributed by atoms with Crippen LogP contribution in [0, 0.1) is 4.64 Å². The van der Waals surface area contributed by atoms with E-state index in [2.05, 4.69) is 4.90 Å². The lowest BCUT2D eigenvalue weighted by Crippen LogP contribution is -2.40. The fourth-order valence-corrected chi connectivity index (χ4v) is 5.01. The number of hydrogen-bond acceptors (Lipinski definition) is 5. The molecule has 0 radical (unpaired) electrons. The summed E-state index contributed by atoms with van der Waals surface area (Å²) in [5, 5.41) is 1.75. The number of nitrogens with zero attached hydrogens (tertiary/aromatic N) is 4. The Bertz CT molecular complexity index is 1510. The number of carbonyl (C=O) groups excluding carboxylic acids is 1. The van der Waals surface area contributed by atoms with Gasteiger partial charge in [-0.05, 0) is 75.1 Å². The summed E-state index contributed by atoms with van der Waals surface area (Å²) in [5.41, 5.74) is 2.43. The van der Waals surface area contributed by atoms with Gasteiger partial charge in [-0.2, -0.15) is 0 Å². The normalized spacial score (nSPS) is 12.1. The zero-order valence-corrected chi connectivity index (χ0v) is 24.1. The highest BCUT2D eigenvalue weighted by Crippen LogP contribution is 2.29. The van der Waals surface area contributed by atoms with Crippen molar-refractivity contribution in [2.24, 2.45) is 0 Å². The van der Waals surface area contributed by atoms with E-state index in [1.165, 1.54) is 0 Å². The molecule has 6 nitrogen and oxygen atoms in total. The summed E-state index contributed by atoms with van der Waals surface area (Å²) < 4.78 is 7.94. The quantitative estimate of drug-likeness (QED) is 0.209. The molecule has 9 heteroatoms. The molecule has 0 aliphatic rings. The molecule has 0 N–H and O–H groups in total. The van der Waals surface area contributed by atoms with Crippen LogP contribution >= 0.6 is 35.4 Å². The third-order valence-corrected chi connectivity index (χ3v) is 7.56. The van der Waals surface area contributed by atoms with Crippen molar-refractivity contribution in [3.8, 4) is 11.4 Å². The topological polar surface area (TPSA) is 50.6 Å². The number of para-hydroxylation sites is 1. The van der Waals surface area contributed by atoms with Crippen LogP contribution in [0.4, 0.5) is 0 Å². The molecule has 0 fully saturated rings. The molecule has 0 saturated carbocycles. The second kappa shape index (κ2) is 12.3. The van der Waals surface area contributed by atoms with Crippen molar-refractivity contribution >= 4 is 52.2 Å². The van der Waals surface area contributed by atoms with Gasteiger partial charge in [0.2, 0.25) is 5.91 Å². The number of likely N-dealkylation sites (N-methyl/N-ethyl adjacent to an activating group) is 1. The van der Waals surface area contributed by atoms with E-state index in [-0.39, 0.29) is 18.4 Å². The minimum atomic E-state index is -0.376. The Morgan fingerprint density at radius 1 is 1.03 bits per heavy atom. The molecule has 4 aromatic rings. The highest BCUT2D eigenvalue weighted by molar-refractivity contribution is 7.71. The van der Waals surface area contributed by atoms with Crippen LogP contribution in [-0.2, 0) is 11.2 Å². The van der Waals surface area contributed by atoms with Crippen molar-refractivity contribution in [2.75, 3.05) is 34.3 Å². The van der Waals surface area contributed by atoms with Crippen LogP contribution in [0.15, 0.2) is 66.7 Å². The predicted octanol–water partition coefficient (Wildman–Crippen LogP) is 6.76. The van der Waals surface area contributed by atoms with Gasteiger partial charge in [0.15, 0.2) is 0 Å². The SMILES string of the molecule is COc1ccc(-n2c(C(C)N(CCN(C)C)C(=O)Cc3ccc(Cl)c(Cl)c3)nc3ccccc3c2=S)cc1. The Morgan fingerprint density at radius 3 is 2.39 bits per heavy atom. The molecule has 0 bridgehead atoms. The van der Waals surface area contributed by atoms with E-state index in [1.54, 1.807) is 19.2 Å². The van der Waals surface area contributed by atoms with E-state index in [0.29, 0.717) is 33.6 Å². The molecule has 1 amide bonds. The summed E-state index contributed by atoms with van der Waals surface area (Å²) >= 11 is 18.3. The highest BCUT2D eigenvalue weighted by atomic mass is 35.5. The number of halogens is 2. The maximum Gasteiger partial charge on any atom is 0.227 e. The van der Waals surface area contributed by atoms with Crippen molar-refractivity contribution in [3.05, 3.63) is 92.8 Å². The number of ether oxygens (including phenoxy) is 1. The molecule has 1 unspecified atom stereocenters. The van der Waals surface area contributed by atoms with Crippen molar-refractivity contribution in [2.45, 2.75) is 19.4 Å². The Hall–Kier alpha value is -2.97. The first-order valence-corrected chi connectivity index (χ1v) is 13.4. The van der Waals surface area contributed by atoms with Crippen molar-refractivity contribution in [1.82, 2.24) is 19.4 Å². The molecule has 38 heavy (non-hydrogen) atoms. The number of benzene rings is 3. The van der Waals surface area contributed by atoms with Crippen LogP contribution in [0.25, 0.3) is 16.6 Å². The number of fused-ring (bicyclic) bond motifs is 1. The van der Waals surface area contributed by atoms with Gasteiger partial charge in [-0.15, -0.1) is 0 Å². The maximum absolute atomic E-state index is 13.8. The average Bonchev–Trinajstić information content (AvgIpc) is 2.90. The molecule has 1 aromatic heterocycles. The van der Waals surface area contributed by atoms with E-state index < -0.39 is 0 Å². The third-order valence-electron chi connectivity index (χ3n) is 6.42. The first kappa shape index (κ1) is 28.0. The van der Waals surface area contributed by atoms with Gasteiger partial charge in [0.1, 0.15) is 16.2 Å². The third kappa shape index (κ3) is 6.18. The van der Waals surface area contributed by atoms with E-state index in [9.17, 15) is 4.79 Å². The van der Waals surface area contributed by atoms with E-state index >= 15 is 0 Å². The molecule has 3 aromatic carbocycles. The molecule has 4 rings (SSSR count). The average molecular weight is 570 g/mol. The molecule has 198 valence electrons. The summed E-state index contributed by atoms with van der Waals surface area (Å²) in [7, 11) is 5.60. The van der Waals surface area contributed by atoms with Gasteiger partial charge in [-0.1, -0.05) is 53.6 Å². The summed E-state index contributed by atoms with van der Waals surface area (Å²) in [5.74, 6) is 1.38. The smallest absolute Gasteiger partial charge is 0.227 e. The lowest BCUT2D eigenvalue weighted by atomic mass is 10.1. The monoisotopic (exact) mass is 568 g/mol. The van der Waals surface area contributed by atoms with Crippen LogP contribution in [0.1, 0.15) is 24.4 Å². The largest absolute Gasteiger partial charge is 0.497 e. The standard InChI is InChI=1S/C29H30Cl2N4O2S/c1-19(34(16-15-33(2)3)27(36)18-20-9-14-24(30)25(31)17-20)28-32-26-8-6-5-7-23(26)29(38)35(28)21-10-12-22(37-4)13-11-21/h5-14,17,19H,15-16,18H2,1-4H3. The Morgan fingerprint density at radius 2 is 1.74 bits per heavy atom. The van der Waals surface area contributed by atoms with Crippen LogP contribution in [-0.4, -0.2) is 59.6 Å². The lowest BCUT2D eigenvalue weighted by Gasteiger charge is -2.32. The lowest BCUT2D eigenvalue weighted by molar-refractivity contribution is -0.133. The van der Waals surface area contributed by atoms with E-state index in [0.717, 1.165) is 27.9 Å². The van der Waals surface area contributed by atoms with Crippen LogP contribution in [0.3, 0.4) is 0 Å². The fourth-order valence-electron chi connectivity index (χ4n) is 4.32. The number of carbonyl (C=O) groups is 1. The maximum atomic E-state index is 13.8. The zero-order chi connectivity index (χ0) is 27.4. The predicted molar refractivity (Wildman–Crippen MR) is 157 cm³/mol. The number of aromatic nitrogens is 2. The number of methoxy groups -OCH3 is 1. The van der Waals surface area contributed by atoms with Crippen LogP contribution in [0.5, 0.6) is 5.75 Å². The van der Waals surface area contributed by atoms with Crippen LogP contribution < -0.4 is 4.74 Å². The number of hydrogen-bond donors (Lipinski definition) is 0. The highest BCUT2D eigenvalue weighted by Gasteiger charge is 2.26. The number of rotatable bonds is 9. The van der Waals surface area contributed by atoms with Gasteiger partial charge < -0.3 is 14.5 Å². The molecule has 0 saturated heterocycles. The molecule has 1 atom stereocenters. The van der Waals surface area contributed by atoms with Gasteiger partial charge in [-0.25, -0.2) is 4.98 Å². The first-order valence-electron chi connectivity index (χ1n) is 12.2. The van der Waals surface area contributed by atoms with E-state index in [4.69, 9.17) is 45.1 Å². The molecule has 0 spiro atoms. The number of amides is 1. The summed E-state index contributed by atoms with van der Waals surface area (Å²) in [6.45, 7) is 3.20. The van der Waals surface area contributed by atoms with Gasteiger partial charge in [0, 0.05) is 24.2 Å². The Balaban J connectivity index is 1.82. The summed E-state index contributed by atoms with van der Waals surface area (Å²) in [4.78, 5) is 22.7. The zero-order valence-electron chi connectivity index (χ0n) is 21.8. The Labute approximate surface area is 238 Å².